The lowest BCUT2D eigenvalue weighted by atomic mass is 10.1. The lowest BCUT2D eigenvalue weighted by Gasteiger charge is -2.11. The van der Waals surface area contributed by atoms with Crippen LogP contribution in [0.1, 0.15) is 22.3 Å². The molecule has 2 rings (SSSR count). The van der Waals surface area contributed by atoms with E-state index < -0.39 is 10.1 Å². The van der Waals surface area contributed by atoms with E-state index in [4.69, 9.17) is 9.44 Å². The van der Waals surface area contributed by atoms with E-state index in [1.807, 2.05) is 26.0 Å². The Morgan fingerprint density at radius 1 is 1.14 bits per heavy atom. The highest BCUT2D eigenvalue weighted by Crippen LogP contribution is 2.23. The average Bonchev–Trinajstić information content (AvgIpc) is 2.43. The minimum Gasteiger partial charge on any atom is -0.382 e. The van der Waals surface area contributed by atoms with Gasteiger partial charge in [-0.2, -0.15) is 13.7 Å². The lowest BCUT2D eigenvalue weighted by molar-refractivity contribution is 0.483. The van der Waals surface area contributed by atoms with Gasteiger partial charge in [0.15, 0.2) is 0 Å². The Bertz CT molecular complexity index is 805. The summed E-state index contributed by atoms with van der Waals surface area (Å²) >= 11 is 0. The van der Waals surface area contributed by atoms with Crippen LogP contribution in [0.2, 0.25) is 0 Å². The maximum atomic E-state index is 12.1. The molecule has 0 aliphatic carbocycles. The molecule has 0 unspecified atom stereocenters. The predicted molar refractivity (Wildman–Crippen MR) is 80.3 cm³/mol. The number of hydrogen-bond donors (Lipinski definition) is 0. The van der Waals surface area contributed by atoms with Crippen molar-refractivity contribution < 1.29 is 12.6 Å². The average molecular weight is 301 g/mol. The molecule has 0 atom stereocenters. The summed E-state index contributed by atoms with van der Waals surface area (Å²) in [5.74, 6) is 0.0713. The van der Waals surface area contributed by atoms with Crippen LogP contribution in [0.3, 0.4) is 0 Å². The van der Waals surface area contributed by atoms with Gasteiger partial charge in [-0.25, -0.2) is 0 Å². The van der Waals surface area contributed by atoms with E-state index in [1.165, 1.54) is 0 Å². The van der Waals surface area contributed by atoms with Crippen LogP contribution in [-0.4, -0.2) is 8.42 Å². The van der Waals surface area contributed by atoms with E-state index in [0.717, 1.165) is 11.1 Å². The van der Waals surface area contributed by atoms with Gasteiger partial charge in [0, 0.05) is 0 Å². The molecular formula is C16H15NO3S. The van der Waals surface area contributed by atoms with Gasteiger partial charge < -0.3 is 4.18 Å². The van der Waals surface area contributed by atoms with Gasteiger partial charge in [0.25, 0.3) is 0 Å². The van der Waals surface area contributed by atoms with Crippen molar-refractivity contribution >= 4 is 10.1 Å². The normalized spacial score (nSPS) is 10.9. The molecule has 4 nitrogen and oxygen atoms in total. The maximum Gasteiger partial charge on any atom is 0.313 e. The second-order valence-corrected chi connectivity index (χ2v) is 6.37. The summed E-state index contributed by atoms with van der Waals surface area (Å²) in [4.78, 5) is 0. The van der Waals surface area contributed by atoms with Gasteiger partial charge in [-0.15, -0.1) is 0 Å². The largest absolute Gasteiger partial charge is 0.382 e. The second kappa shape index (κ2) is 5.98. The van der Waals surface area contributed by atoms with Crippen molar-refractivity contribution in [3.05, 3.63) is 64.7 Å². The first-order valence-electron chi connectivity index (χ1n) is 6.39. The highest BCUT2D eigenvalue weighted by atomic mass is 32.2. The van der Waals surface area contributed by atoms with Gasteiger partial charge in [0.2, 0.25) is 0 Å². The highest BCUT2D eigenvalue weighted by molar-refractivity contribution is 7.86. The number of nitrogens with zero attached hydrogens (tertiary/aromatic N) is 1. The Morgan fingerprint density at radius 2 is 1.86 bits per heavy atom. The summed E-state index contributed by atoms with van der Waals surface area (Å²) < 4.78 is 29.4. The smallest absolute Gasteiger partial charge is 0.313 e. The van der Waals surface area contributed by atoms with Gasteiger partial charge in [0.1, 0.15) is 11.5 Å². The molecule has 0 radical (unpaired) electrons. The van der Waals surface area contributed by atoms with Crippen molar-refractivity contribution in [3.8, 4) is 11.8 Å². The number of benzene rings is 2. The van der Waals surface area contributed by atoms with Gasteiger partial charge in [0.05, 0.1) is 11.6 Å². The number of rotatable bonds is 4. The summed E-state index contributed by atoms with van der Waals surface area (Å²) in [5, 5.41) is 8.83. The van der Waals surface area contributed by atoms with E-state index in [-0.39, 0.29) is 5.75 Å². The van der Waals surface area contributed by atoms with Gasteiger partial charge >= 0.3 is 10.1 Å². The van der Waals surface area contributed by atoms with E-state index in [1.54, 1.807) is 36.4 Å². The monoisotopic (exact) mass is 301 g/mol. The Kier molecular flexibility index (Phi) is 4.29. The van der Waals surface area contributed by atoms with Crippen LogP contribution >= 0.6 is 0 Å². The van der Waals surface area contributed by atoms with Crippen molar-refractivity contribution in [2.75, 3.05) is 0 Å². The van der Waals surface area contributed by atoms with E-state index in [9.17, 15) is 8.42 Å². The van der Waals surface area contributed by atoms with E-state index in [0.29, 0.717) is 16.9 Å². The van der Waals surface area contributed by atoms with Gasteiger partial charge in [-0.3, -0.25) is 0 Å². The molecule has 0 saturated carbocycles. The molecule has 5 heteroatoms. The predicted octanol–water partition coefficient (Wildman–Crippen LogP) is 3.08. The van der Waals surface area contributed by atoms with E-state index >= 15 is 0 Å². The van der Waals surface area contributed by atoms with Gasteiger partial charge in [-0.1, -0.05) is 24.3 Å². The molecule has 0 aliphatic heterocycles. The molecule has 0 saturated heterocycles. The van der Waals surface area contributed by atoms with Gasteiger partial charge in [-0.05, 0) is 48.7 Å². The molecule has 0 fully saturated rings. The topological polar surface area (TPSA) is 67.2 Å². The second-order valence-electron chi connectivity index (χ2n) is 4.80. The minimum atomic E-state index is -3.76. The highest BCUT2D eigenvalue weighted by Gasteiger charge is 2.16. The fourth-order valence-electron chi connectivity index (χ4n) is 1.92. The lowest BCUT2D eigenvalue weighted by Crippen LogP contribution is -2.13. The zero-order valence-electron chi connectivity index (χ0n) is 11.8. The molecule has 0 bridgehead atoms. The molecule has 0 spiro atoms. The van der Waals surface area contributed by atoms with Crippen LogP contribution in [0.5, 0.6) is 5.75 Å². The summed E-state index contributed by atoms with van der Waals surface area (Å²) in [6, 6.07) is 13.7. The van der Waals surface area contributed by atoms with Crippen LogP contribution in [0, 0.1) is 25.2 Å². The molecule has 2 aromatic rings. The number of aryl methyl sites for hydroxylation is 1. The van der Waals surface area contributed by atoms with Crippen molar-refractivity contribution in [1.82, 2.24) is 0 Å². The first-order valence-corrected chi connectivity index (χ1v) is 7.96. The number of hydrogen-bond acceptors (Lipinski definition) is 4. The quantitative estimate of drug-likeness (QED) is 0.814. The molecule has 108 valence electrons. The van der Waals surface area contributed by atoms with Crippen molar-refractivity contribution in [1.29, 1.82) is 5.26 Å². The Hall–Kier alpha value is -2.32. The standard InChI is InChI=1S/C16H15NO3S/c1-12-5-3-8-16(13(12)2)20-21(18,19)11-15-7-4-6-14(9-15)10-17/h3-9H,11H2,1-2H3. The number of nitriles is 1. The zero-order chi connectivity index (χ0) is 15.5. The Labute approximate surface area is 124 Å². The van der Waals surface area contributed by atoms with Crippen LogP contribution < -0.4 is 4.18 Å². The molecule has 0 aromatic heterocycles. The van der Waals surface area contributed by atoms with Crippen LogP contribution in [-0.2, 0) is 15.9 Å². The van der Waals surface area contributed by atoms with Crippen LogP contribution in [0.4, 0.5) is 0 Å². The Morgan fingerprint density at radius 3 is 2.57 bits per heavy atom. The summed E-state index contributed by atoms with van der Waals surface area (Å²) in [5.41, 5.74) is 2.72. The third-order valence-corrected chi connectivity index (χ3v) is 4.29. The molecule has 2 aromatic carbocycles. The van der Waals surface area contributed by atoms with Crippen molar-refractivity contribution in [3.63, 3.8) is 0 Å². The molecule has 21 heavy (non-hydrogen) atoms. The molecule has 0 N–H and O–H groups in total. The first kappa shape index (κ1) is 15.1. The maximum absolute atomic E-state index is 12.1. The summed E-state index contributed by atoms with van der Waals surface area (Å²) in [6.45, 7) is 3.71. The van der Waals surface area contributed by atoms with Crippen LogP contribution in [0.15, 0.2) is 42.5 Å². The third kappa shape index (κ3) is 3.83. The molecule has 0 heterocycles. The van der Waals surface area contributed by atoms with Crippen LogP contribution in [0.25, 0.3) is 0 Å². The van der Waals surface area contributed by atoms with E-state index in [2.05, 4.69) is 0 Å². The molecule has 0 amide bonds. The third-order valence-electron chi connectivity index (χ3n) is 3.17. The minimum absolute atomic E-state index is 0.268. The molecule has 0 aliphatic rings. The first-order chi connectivity index (χ1) is 9.91. The summed E-state index contributed by atoms with van der Waals surface area (Å²) in [7, 11) is -3.76. The summed E-state index contributed by atoms with van der Waals surface area (Å²) in [6.07, 6.45) is 0. The molecular weight excluding hydrogens is 286 g/mol. The SMILES string of the molecule is Cc1cccc(OS(=O)(=O)Cc2cccc(C#N)c2)c1C. The van der Waals surface area contributed by atoms with Crippen molar-refractivity contribution in [2.45, 2.75) is 19.6 Å². The fourth-order valence-corrected chi connectivity index (χ4v) is 3.02. The Balaban J connectivity index is 2.23. The fraction of sp³-hybridized carbons (Fsp3) is 0.188. The van der Waals surface area contributed by atoms with Crippen molar-refractivity contribution in [2.24, 2.45) is 0 Å². The zero-order valence-corrected chi connectivity index (χ0v) is 12.6.